The van der Waals surface area contributed by atoms with E-state index in [2.05, 4.69) is 22.8 Å². The van der Waals surface area contributed by atoms with E-state index in [1.165, 1.54) is 4.90 Å². The molecule has 0 aliphatic carbocycles. The van der Waals surface area contributed by atoms with E-state index in [1.54, 1.807) is 16.7 Å². The number of likely N-dealkylation sites (tertiary alicyclic amines) is 1. The molecule has 3 rings (SSSR count). The van der Waals surface area contributed by atoms with Gasteiger partial charge in [-0.05, 0) is 37.1 Å². The maximum Gasteiger partial charge on any atom is 0.322 e. The highest BCUT2D eigenvalue weighted by Gasteiger charge is 2.33. The number of carbonyl (C=O) groups excluding carboxylic acids is 2. The maximum absolute atomic E-state index is 12.5. The largest absolute Gasteiger partial charge is 0.353 e. The fourth-order valence-corrected chi connectivity index (χ4v) is 3.77. The molecule has 1 unspecified atom stereocenters. The summed E-state index contributed by atoms with van der Waals surface area (Å²) in [4.78, 5) is 27.8. The van der Waals surface area contributed by atoms with Gasteiger partial charge in [0.25, 0.3) is 0 Å². The summed E-state index contributed by atoms with van der Waals surface area (Å²) in [5.74, 6) is 0.734. The molecule has 2 N–H and O–H groups in total. The molecule has 0 radical (unpaired) electrons. The number of carbonyl (C=O) groups is 2. The van der Waals surface area contributed by atoms with E-state index < -0.39 is 0 Å². The Morgan fingerprint density at radius 3 is 2.46 bits per heavy atom. The molecule has 1 atom stereocenters. The topological polar surface area (TPSA) is 61.4 Å². The van der Waals surface area contributed by atoms with E-state index in [0.717, 1.165) is 17.9 Å². The van der Waals surface area contributed by atoms with Crippen molar-refractivity contribution in [2.45, 2.75) is 23.8 Å². The van der Waals surface area contributed by atoms with Crippen LogP contribution in [0.2, 0.25) is 0 Å². The summed E-state index contributed by atoms with van der Waals surface area (Å²) >= 11 is 1.71. The van der Waals surface area contributed by atoms with E-state index >= 15 is 0 Å². The Labute approximate surface area is 158 Å². The molecule has 1 fully saturated rings. The van der Waals surface area contributed by atoms with Crippen molar-refractivity contribution in [1.29, 1.82) is 0 Å². The summed E-state index contributed by atoms with van der Waals surface area (Å²) < 4.78 is 0. The van der Waals surface area contributed by atoms with E-state index in [0.29, 0.717) is 19.5 Å². The lowest BCUT2D eigenvalue weighted by Gasteiger charge is -2.24. The maximum atomic E-state index is 12.5. The number of nitrogens with zero attached hydrogens (tertiary/aromatic N) is 1. The van der Waals surface area contributed by atoms with Gasteiger partial charge in [-0.15, -0.1) is 11.8 Å². The molecular formula is C20H23N3O2S. The Hall–Kier alpha value is -2.47. The molecule has 1 aliphatic rings. The Morgan fingerprint density at radius 1 is 1.04 bits per heavy atom. The number of thioether (sulfide) groups is 1. The minimum absolute atomic E-state index is 0.0700. The van der Waals surface area contributed by atoms with Crippen molar-refractivity contribution < 1.29 is 9.59 Å². The summed E-state index contributed by atoms with van der Waals surface area (Å²) in [6.07, 6.45) is 1.55. The second-order valence-corrected chi connectivity index (χ2v) is 7.27. The van der Waals surface area contributed by atoms with Crippen molar-refractivity contribution in [3.63, 3.8) is 0 Å². The zero-order chi connectivity index (χ0) is 18.2. The molecule has 26 heavy (non-hydrogen) atoms. The lowest BCUT2D eigenvalue weighted by atomic mass is 10.2. The number of urea groups is 1. The van der Waals surface area contributed by atoms with Crippen LogP contribution in [0.15, 0.2) is 65.6 Å². The molecule has 6 heteroatoms. The number of anilines is 1. The molecule has 136 valence electrons. The third-order valence-electron chi connectivity index (χ3n) is 4.25. The molecule has 2 aromatic carbocycles. The fraction of sp³-hybridized carbons (Fsp3) is 0.300. The predicted molar refractivity (Wildman–Crippen MR) is 105 cm³/mol. The standard InChI is InChI=1S/C20H23N3O2S/c24-19(21-13-15-26-17-10-5-2-6-11-17)18-12-7-14-23(18)20(25)22-16-8-3-1-4-9-16/h1-6,8-11,18H,7,12-15H2,(H,21,24)(H,22,25). The second-order valence-electron chi connectivity index (χ2n) is 6.10. The first-order chi connectivity index (χ1) is 12.7. The Kier molecular flexibility index (Phi) is 6.55. The summed E-state index contributed by atoms with van der Waals surface area (Å²) in [5.41, 5.74) is 0.739. The lowest BCUT2D eigenvalue weighted by Crippen LogP contribution is -2.47. The van der Waals surface area contributed by atoms with Crippen LogP contribution in [-0.2, 0) is 4.79 Å². The number of para-hydroxylation sites is 1. The van der Waals surface area contributed by atoms with Crippen LogP contribution in [0.1, 0.15) is 12.8 Å². The monoisotopic (exact) mass is 369 g/mol. The first-order valence-corrected chi connectivity index (χ1v) is 9.81. The summed E-state index contributed by atoms with van der Waals surface area (Å²) in [5, 5.41) is 5.82. The van der Waals surface area contributed by atoms with Gasteiger partial charge in [0.15, 0.2) is 0 Å². The average Bonchev–Trinajstić information content (AvgIpc) is 3.17. The summed E-state index contributed by atoms with van der Waals surface area (Å²) in [6, 6.07) is 18.8. The molecule has 0 bridgehead atoms. The van der Waals surface area contributed by atoms with Gasteiger partial charge in [0.05, 0.1) is 0 Å². The van der Waals surface area contributed by atoms with Crippen molar-refractivity contribution in [3.8, 4) is 0 Å². The minimum Gasteiger partial charge on any atom is -0.353 e. The molecular weight excluding hydrogens is 346 g/mol. The van der Waals surface area contributed by atoms with E-state index in [1.807, 2.05) is 48.5 Å². The van der Waals surface area contributed by atoms with Gasteiger partial charge < -0.3 is 15.5 Å². The number of hydrogen-bond donors (Lipinski definition) is 2. The number of benzene rings is 2. The van der Waals surface area contributed by atoms with E-state index in [-0.39, 0.29) is 18.0 Å². The number of rotatable bonds is 6. The van der Waals surface area contributed by atoms with Crippen LogP contribution in [-0.4, -0.2) is 41.7 Å². The van der Waals surface area contributed by atoms with Gasteiger partial charge in [0, 0.05) is 29.4 Å². The first kappa shape index (κ1) is 18.3. The summed E-state index contributed by atoms with van der Waals surface area (Å²) in [6.45, 7) is 1.19. The Morgan fingerprint density at radius 2 is 1.73 bits per heavy atom. The fourth-order valence-electron chi connectivity index (χ4n) is 2.98. The molecule has 2 aromatic rings. The molecule has 5 nitrogen and oxygen atoms in total. The van der Waals surface area contributed by atoms with Crippen LogP contribution in [0.25, 0.3) is 0 Å². The van der Waals surface area contributed by atoms with Crippen LogP contribution < -0.4 is 10.6 Å². The summed E-state index contributed by atoms with van der Waals surface area (Å²) in [7, 11) is 0. The zero-order valence-electron chi connectivity index (χ0n) is 14.6. The van der Waals surface area contributed by atoms with E-state index in [4.69, 9.17) is 0 Å². The van der Waals surface area contributed by atoms with Crippen LogP contribution in [0, 0.1) is 0 Å². The minimum atomic E-state index is -0.388. The van der Waals surface area contributed by atoms with Gasteiger partial charge in [0.1, 0.15) is 6.04 Å². The smallest absolute Gasteiger partial charge is 0.322 e. The highest BCUT2D eigenvalue weighted by atomic mass is 32.2. The number of nitrogens with one attached hydrogen (secondary N) is 2. The Bertz CT molecular complexity index is 724. The first-order valence-electron chi connectivity index (χ1n) is 8.82. The molecule has 0 saturated carbocycles. The van der Waals surface area contributed by atoms with Gasteiger partial charge in [0.2, 0.25) is 5.91 Å². The van der Waals surface area contributed by atoms with Crippen molar-refractivity contribution in [3.05, 3.63) is 60.7 Å². The highest BCUT2D eigenvalue weighted by molar-refractivity contribution is 7.99. The third-order valence-corrected chi connectivity index (χ3v) is 5.27. The normalized spacial score (nSPS) is 16.3. The van der Waals surface area contributed by atoms with Crippen molar-refractivity contribution in [2.75, 3.05) is 24.2 Å². The predicted octanol–water partition coefficient (Wildman–Crippen LogP) is 3.59. The Balaban J connectivity index is 1.46. The van der Waals surface area contributed by atoms with Crippen LogP contribution in [0.3, 0.4) is 0 Å². The van der Waals surface area contributed by atoms with Gasteiger partial charge in [-0.1, -0.05) is 36.4 Å². The van der Waals surface area contributed by atoms with Gasteiger partial charge >= 0.3 is 6.03 Å². The van der Waals surface area contributed by atoms with Gasteiger partial charge in [-0.25, -0.2) is 4.79 Å². The van der Waals surface area contributed by atoms with Crippen LogP contribution in [0.5, 0.6) is 0 Å². The van der Waals surface area contributed by atoms with Gasteiger partial charge in [-0.3, -0.25) is 4.79 Å². The average molecular weight is 369 g/mol. The highest BCUT2D eigenvalue weighted by Crippen LogP contribution is 2.20. The molecule has 1 heterocycles. The quantitative estimate of drug-likeness (QED) is 0.604. The van der Waals surface area contributed by atoms with Crippen LogP contribution >= 0.6 is 11.8 Å². The molecule has 0 spiro atoms. The zero-order valence-corrected chi connectivity index (χ0v) is 15.4. The number of amides is 3. The SMILES string of the molecule is O=C(NCCSc1ccccc1)C1CCCN1C(=O)Nc1ccccc1. The molecule has 0 aromatic heterocycles. The van der Waals surface area contributed by atoms with Crippen molar-refractivity contribution in [2.24, 2.45) is 0 Å². The van der Waals surface area contributed by atoms with E-state index in [9.17, 15) is 9.59 Å². The number of hydrogen-bond acceptors (Lipinski definition) is 3. The molecule has 1 saturated heterocycles. The second kappa shape index (κ2) is 9.29. The van der Waals surface area contributed by atoms with Crippen molar-refractivity contribution in [1.82, 2.24) is 10.2 Å². The van der Waals surface area contributed by atoms with Crippen LogP contribution in [0.4, 0.5) is 10.5 Å². The third kappa shape index (κ3) is 5.02. The van der Waals surface area contributed by atoms with Gasteiger partial charge in [-0.2, -0.15) is 0 Å². The molecule has 3 amide bonds. The molecule has 1 aliphatic heterocycles. The lowest BCUT2D eigenvalue weighted by molar-refractivity contribution is -0.124. The van der Waals surface area contributed by atoms with Crippen molar-refractivity contribution >= 4 is 29.4 Å².